The molecule has 0 N–H and O–H groups in total. The fourth-order valence-corrected chi connectivity index (χ4v) is 2.47. The minimum atomic E-state index is 0.562. The van der Waals surface area contributed by atoms with Crippen molar-refractivity contribution in [2.24, 2.45) is 0 Å². The zero-order chi connectivity index (χ0) is 13.1. The summed E-state index contributed by atoms with van der Waals surface area (Å²) in [5, 5.41) is 2.13. The second-order valence-electron chi connectivity index (χ2n) is 4.24. The van der Waals surface area contributed by atoms with Crippen LogP contribution in [-0.4, -0.2) is 4.98 Å². The highest BCUT2D eigenvalue weighted by Crippen LogP contribution is 2.31. The van der Waals surface area contributed by atoms with Crippen molar-refractivity contribution in [2.45, 2.75) is 6.61 Å². The van der Waals surface area contributed by atoms with E-state index in [4.69, 9.17) is 4.74 Å². The molecule has 3 aromatic rings. The first-order chi connectivity index (χ1) is 9.34. The Morgan fingerprint density at radius 2 is 1.79 bits per heavy atom. The molecule has 19 heavy (non-hydrogen) atoms. The van der Waals surface area contributed by atoms with Crippen LogP contribution in [0.1, 0.15) is 5.56 Å². The molecule has 0 saturated carbocycles. The van der Waals surface area contributed by atoms with E-state index in [1.165, 1.54) is 0 Å². The third kappa shape index (κ3) is 2.61. The summed E-state index contributed by atoms with van der Waals surface area (Å²) in [6.07, 6.45) is 3.62. The molecule has 0 saturated heterocycles. The van der Waals surface area contributed by atoms with Gasteiger partial charge in [-0.3, -0.25) is 4.98 Å². The van der Waals surface area contributed by atoms with Crippen LogP contribution in [0.2, 0.25) is 0 Å². The van der Waals surface area contributed by atoms with E-state index in [2.05, 4.69) is 33.0 Å². The highest BCUT2D eigenvalue weighted by molar-refractivity contribution is 9.10. The molecule has 0 aliphatic carbocycles. The number of rotatable bonds is 3. The molecular formula is C16H12BrNO. The topological polar surface area (TPSA) is 22.1 Å². The van der Waals surface area contributed by atoms with Crippen molar-refractivity contribution in [3.63, 3.8) is 0 Å². The Kier molecular flexibility index (Phi) is 3.47. The van der Waals surface area contributed by atoms with Crippen LogP contribution >= 0.6 is 15.9 Å². The van der Waals surface area contributed by atoms with E-state index in [1.807, 2.05) is 42.6 Å². The highest BCUT2D eigenvalue weighted by atomic mass is 79.9. The third-order valence-electron chi connectivity index (χ3n) is 2.96. The van der Waals surface area contributed by atoms with Crippen LogP contribution in [0.4, 0.5) is 0 Å². The van der Waals surface area contributed by atoms with Gasteiger partial charge in [0.25, 0.3) is 0 Å². The van der Waals surface area contributed by atoms with Gasteiger partial charge in [-0.2, -0.15) is 0 Å². The monoisotopic (exact) mass is 313 g/mol. The molecule has 0 amide bonds. The minimum absolute atomic E-state index is 0.562. The number of pyridine rings is 1. The summed E-state index contributed by atoms with van der Waals surface area (Å²) in [5.74, 6) is 0.857. The van der Waals surface area contributed by atoms with Gasteiger partial charge in [0.05, 0.1) is 0 Å². The van der Waals surface area contributed by atoms with Crippen LogP contribution in [0, 0.1) is 0 Å². The Morgan fingerprint density at radius 1 is 0.947 bits per heavy atom. The fraction of sp³-hybridized carbons (Fsp3) is 0.0625. The molecule has 3 heteroatoms. The molecule has 0 radical (unpaired) electrons. The van der Waals surface area contributed by atoms with Crippen molar-refractivity contribution in [3.8, 4) is 5.75 Å². The lowest BCUT2D eigenvalue weighted by molar-refractivity contribution is 0.310. The first-order valence-corrected chi connectivity index (χ1v) is 6.83. The Balaban J connectivity index is 1.91. The largest absolute Gasteiger partial charge is 0.488 e. The van der Waals surface area contributed by atoms with E-state index in [9.17, 15) is 0 Å². The van der Waals surface area contributed by atoms with Gasteiger partial charge in [0, 0.05) is 27.6 Å². The minimum Gasteiger partial charge on any atom is -0.488 e. The van der Waals surface area contributed by atoms with Gasteiger partial charge in [0.1, 0.15) is 12.4 Å². The summed E-state index contributed by atoms with van der Waals surface area (Å²) >= 11 is 3.54. The second-order valence-corrected chi connectivity index (χ2v) is 5.10. The molecule has 0 unspecified atom stereocenters. The summed E-state index contributed by atoms with van der Waals surface area (Å²) in [5.41, 5.74) is 1.16. The standard InChI is InChI=1S/C16H12BrNO/c17-15-6-7-16(14-10-18-9-8-13(14)15)19-11-12-4-2-1-3-5-12/h1-10H,11H2. The number of hydrogen-bond donors (Lipinski definition) is 0. The van der Waals surface area contributed by atoms with E-state index >= 15 is 0 Å². The van der Waals surface area contributed by atoms with E-state index in [-0.39, 0.29) is 0 Å². The maximum absolute atomic E-state index is 5.90. The van der Waals surface area contributed by atoms with Gasteiger partial charge in [-0.15, -0.1) is 0 Å². The Hall–Kier alpha value is -1.87. The zero-order valence-corrected chi connectivity index (χ0v) is 11.8. The van der Waals surface area contributed by atoms with Crippen molar-refractivity contribution in [1.82, 2.24) is 4.98 Å². The predicted octanol–water partition coefficient (Wildman–Crippen LogP) is 4.58. The Labute approximate surface area is 120 Å². The molecule has 0 aliphatic heterocycles. The molecule has 0 spiro atoms. The molecule has 0 atom stereocenters. The maximum Gasteiger partial charge on any atom is 0.129 e. The number of halogens is 1. The Bertz CT molecular complexity index is 697. The van der Waals surface area contributed by atoms with Crippen molar-refractivity contribution in [2.75, 3.05) is 0 Å². The van der Waals surface area contributed by atoms with Gasteiger partial charge in [-0.1, -0.05) is 46.3 Å². The lowest BCUT2D eigenvalue weighted by Gasteiger charge is -2.10. The molecule has 94 valence electrons. The van der Waals surface area contributed by atoms with Gasteiger partial charge >= 0.3 is 0 Å². The predicted molar refractivity (Wildman–Crippen MR) is 80.2 cm³/mol. The summed E-state index contributed by atoms with van der Waals surface area (Å²) in [7, 11) is 0. The van der Waals surface area contributed by atoms with Crippen LogP contribution in [0.25, 0.3) is 10.8 Å². The van der Waals surface area contributed by atoms with E-state index < -0.39 is 0 Å². The normalized spacial score (nSPS) is 10.6. The summed E-state index contributed by atoms with van der Waals surface area (Å²) < 4.78 is 6.95. The summed E-state index contributed by atoms with van der Waals surface area (Å²) in [4.78, 5) is 4.17. The summed E-state index contributed by atoms with van der Waals surface area (Å²) in [6, 6.07) is 16.1. The average molecular weight is 314 g/mol. The van der Waals surface area contributed by atoms with Crippen molar-refractivity contribution in [1.29, 1.82) is 0 Å². The van der Waals surface area contributed by atoms with Gasteiger partial charge in [-0.25, -0.2) is 0 Å². The lowest BCUT2D eigenvalue weighted by atomic mass is 10.1. The van der Waals surface area contributed by atoms with Crippen molar-refractivity contribution < 1.29 is 4.74 Å². The van der Waals surface area contributed by atoms with E-state index in [0.29, 0.717) is 6.61 Å². The molecule has 0 fully saturated rings. The van der Waals surface area contributed by atoms with Crippen LogP contribution in [-0.2, 0) is 6.61 Å². The molecule has 1 aromatic heterocycles. The number of hydrogen-bond acceptors (Lipinski definition) is 2. The quantitative estimate of drug-likeness (QED) is 0.706. The highest BCUT2D eigenvalue weighted by Gasteiger charge is 2.05. The van der Waals surface area contributed by atoms with E-state index in [0.717, 1.165) is 26.6 Å². The number of ether oxygens (including phenoxy) is 1. The first kappa shape index (κ1) is 12.2. The fourth-order valence-electron chi connectivity index (χ4n) is 1.99. The number of fused-ring (bicyclic) bond motifs is 1. The van der Waals surface area contributed by atoms with Crippen LogP contribution in [0.5, 0.6) is 5.75 Å². The van der Waals surface area contributed by atoms with Crippen LogP contribution in [0.15, 0.2) is 65.4 Å². The number of aromatic nitrogens is 1. The van der Waals surface area contributed by atoms with Crippen molar-refractivity contribution in [3.05, 3.63) is 71.0 Å². The molecular weight excluding hydrogens is 302 g/mol. The number of benzene rings is 2. The molecule has 0 bridgehead atoms. The van der Waals surface area contributed by atoms with Crippen molar-refractivity contribution >= 4 is 26.7 Å². The van der Waals surface area contributed by atoms with Gasteiger partial charge in [-0.05, 0) is 23.8 Å². The first-order valence-electron chi connectivity index (χ1n) is 6.03. The molecule has 2 nitrogen and oxygen atoms in total. The molecule has 1 heterocycles. The lowest BCUT2D eigenvalue weighted by Crippen LogP contribution is -1.96. The molecule has 3 rings (SSSR count). The van der Waals surface area contributed by atoms with Gasteiger partial charge in [0.15, 0.2) is 0 Å². The average Bonchev–Trinajstić information content (AvgIpc) is 2.48. The smallest absolute Gasteiger partial charge is 0.129 e. The van der Waals surface area contributed by atoms with Gasteiger partial charge in [0.2, 0.25) is 0 Å². The third-order valence-corrected chi connectivity index (χ3v) is 3.65. The van der Waals surface area contributed by atoms with Gasteiger partial charge < -0.3 is 4.74 Å². The second kappa shape index (κ2) is 5.41. The van der Waals surface area contributed by atoms with Crippen LogP contribution in [0.3, 0.4) is 0 Å². The molecule has 2 aromatic carbocycles. The molecule has 0 aliphatic rings. The zero-order valence-electron chi connectivity index (χ0n) is 10.2. The number of nitrogens with zero attached hydrogens (tertiary/aromatic N) is 1. The van der Waals surface area contributed by atoms with E-state index in [1.54, 1.807) is 6.20 Å². The maximum atomic E-state index is 5.90. The Morgan fingerprint density at radius 3 is 2.63 bits per heavy atom. The van der Waals surface area contributed by atoms with Crippen LogP contribution < -0.4 is 4.74 Å². The summed E-state index contributed by atoms with van der Waals surface area (Å²) in [6.45, 7) is 0.562. The SMILES string of the molecule is Brc1ccc(OCc2ccccc2)c2cnccc12.